The van der Waals surface area contributed by atoms with E-state index < -0.39 is 138 Å². The second-order valence-corrected chi connectivity index (χ2v) is 21.0. The van der Waals surface area contributed by atoms with Gasteiger partial charge in [0.1, 0.15) is 36.9 Å². The molecule has 3 aromatic carbocycles. The van der Waals surface area contributed by atoms with Gasteiger partial charge in [-0.15, -0.1) is 0 Å². The number of imide groups is 1. The van der Waals surface area contributed by atoms with Gasteiger partial charge in [0.05, 0.1) is 25.0 Å². The maximum atomic E-state index is 15.4. The smallest absolute Gasteiger partial charge is 0.408 e. The molecule has 0 aliphatic carbocycles. The third kappa shape index (κ3) is 18.1. The average Bonchev–Trinajstić information content (AvgIpc) is 3.96. The summed E-state index contributed by atoms with van der Waals surface area (Å²) in [6, 6.07) is 17.3. The van der Waals surface area contributed by atoms with Gasteiger partial charge in [0.2, 0.25) is 29.5 Å². The zero-order valence-electron chi connectivity index (χ0n) is 45.7. The van der Waals surface area contributed by atoms with E-state index in [0.717, 1.165) is 40.8 Å². The average molecular weight is 1110 g/mol. The Morgan fingerprint density at radius 1 is 0.775 bits per heavy atom. The lowest BCUT2D eigenvalue weighted by Crippen LogP contribution is -2.56. The molecule has 22 heteroatoms. The standard InChI is InChI=1S/C58H70F2N8O12/c1-35(2)42(28-48(71)36(3)63-57(79)80-34-38-16-11-8-12-17-38)54(76)65-46(29-49(61)72)56(78)64-45(55(77)62-24-13-18-41(70)32-68-50(73)21-22-51(68)74)23-25-67(52(75)33-69)53(58(4,5)6)47-26-39(43-27-40(59)19-20-44(43)60)31-66(47)30-37-14-9-7-10-15-37/h7-12,14-17,19-22,26-27,31,35-36,42,45-46,53,69H,13,18,23-25,28-30,32-34H2,1-6H3,(H2,61,72)(H,62,77)(H,63,79)(H,64,78)(H,65,76)/t36-,42-,45-,46-,53-/m0/s1. The van der Waals surface area contributed by atoms with Crippen LogP contribution in [0.2, 0.25) is 0 Å². The van der Waals surface area contributed by atoms with Crippen molar-refractivity contribution >= 4 is 59.0 Å². The van der Waals surface area contributed by atoms with E-state index in [9.17, 15) is 57.4 Å². The molecule has 1 aliphatic heterocycles. The summed E-state index contributed by atoms with van der Waals surface area (Å²) in [4.78, 5) is 134. The lowest BCUT2D eigenvalue weighted by molar-refractivity contribution is -0.141. The maximum absolute atomic E-state index is 15.4. The number of ketones is 2. The van der Waals surface area contributed by atoms with Gasteiger partial charge < -0.3 is 46.3 Å². The SMILES string of the molecule is CC(C)[C@H](CC(=O)[C@H](C)NC(=O)OCc1ccccc1)C(=O)N[C@@H](CC(N)=O)C(=O)N[C@@H](CCN(C(=O)CO)[C@@H](c1cc(-c2cc(F)ccc2F)cn1Cc1ccccc1)C(C)(C)C)C(=O)NCCCC(=O)CN1C(=O)C=CC1=O. The normalized spacial score (nSPS) is 14.2. The molecule has 428 valence electrons. The Balaban J connectivity index is 1.42. The summed E-state index contributed by atoms with van der Waals surface area (Å²) in [5, 5.41) is 20.7. The molecule has 0 radical (unpaired) electrons. The molecule has 0 spiro atoms. The molecule has 0 saturated carbocycles. The molecule has 8 amide bonds. The van der Waals surface area contributed by atoms with Crippen molar-refractivity contribution in [3.05, 3.63) is 132 Å². The summed E-state index contributed by atoms with van der Waals surface area (Å²) >= 11 is 0. The minimum atomic E-state index is -1.72. The van der Waals surface area contributed by atoms with Gasteiger partial charge in [-0.25, -0.2) is 13.6 Å². The van der Waals surface area contributed by atoms with Crippen LogP contribution >= 0.6 is 0 Å². The molecular weight excluding hydrogens is 1040 g/mol. The highest BCUT2D eigenvalue weighted by molar-refractivity contribution is 6.14. The minimum Gasteiger partial charge on any atom is -0.445 e. The molecule has 0 unspecified atom stereocenters. The Bertz CT molecular complexity index is 2910. The number of carbonyl (C=O) groups excluding carboxylic acids is 10. The predicted molar refractivity (Wildman–Crippen MR) is 289 cm³/mol. The fourth-order valence-corrected chi connectivity index (χ4v) is 9.11. The van der Waals surface area contributed by atoms with Gasteiger partial charge in [-0.3, -0.25) is 48.1 Å². The Morgan fingerprint density at radius 2 is 1.40 bits per heavy atom. The van der Waals surface area contributed by atoms with Crippen LogP contribution in [0, 0.1) is 28.9 Å². The van der Waals surface area contributed by atoms with E-state index in [0.29, 0.717) is 11.3 Å². The zero-order valence-corrected chi connectivity index (χ0v) is 45.7. The van der Waals surface area contributed by atoms with Crippen LogP contribution in [0.3, 0.4) is 0 Å². The number of hydrogen-bond acceptors (Lipinski definition) is 12. The van der Waals surface area contributed by atoms with E-state index in [-0.39, 0.29) is 56.6 Å². The number of amides is 8. The molecule has 2 heterocycles. The summed E-state index contributed by atoms with van der Waals surface area (Å²) in [6.45, 7) is 8.23. The van der Waals surface area contributed by atoms with E-state index >= 15 is 4.39 Å². The summed E-state index contributed by atoms with van der Waals surface area (Å²) in [5.41, 5.74) is 6.86. The van der Waals surface area contributed by atoms with E-state index in [2.05, 4.69) is 21.3 Å². The topological polar surface area (TPSA) is 286 Å². The number of nitrogens with one attached hydrogen (secondary N) is 4. The summed E-state index contributed by atoms with van der Waals surface area (Å²) in [6.07, 6.45) is 1.08. The highest BCUT2D eigenvalue weighted by Crippen LogP contribution is 2.41. The number of aliphatic hydroxyl groups is 1. The highest BCUT2D eigenvalue weighted by atomic mass is 19.1. The molecule has 0 fully saturated rings. The minimum absolute atomic E-state index is 0.0153. The summed E-state index contributed by atoms with van der Waals surface area (Å²) in [5.74, 6) is -10.00. The van der Waals surface area contributed by atoms with Gasteiger partial charge in [-0.1, -0.05) is 95.3 Å². The molecule has 20 nitrogen and oxygen atoms in total. The third-order valence-corrected chi connectivity index (χ3v) is 13.3. The highest BCUT2D eigenvalue weighted by Gasteiger charge is 2.39. The number of primary amides is 1. The molecular formula is C58H70F2N8O12. The fraction of sp³-hybridized carbons (Fsp3) is 0.414. The van der Waals surface area contributed by atoms with Crippen LogP contribution in [0.25, 0.3) is 11.1 Å². The first-order valence-electron chi connectivity index (χ1n) is 26.2. The van der Waals surface area contributed by atoms with Crippen LogP contribution in [0.4, 0.5) is 13.6 Å². The van der Waals surface area contributed by atoms with Crippen molar-refractivity contribution in [2.24, 2.45) is 23.0 Å². The van der Waals surface area contributed by atoms with Gasteiger partial charge in [0, 0.05) is 73.6 Å². The number of rotatable bonds is 29. The molecule has 5 rings (SSSR count). The number of aromatic nitrogens is 1. The first-order valence-corrected chi connectivity index (χ1v) is 26.2. The monoisotopic (exact) mass is 1110 g/mol. The van der Waals surface area contributed by atoms with Crippen molar-refractivity contribution in [2.45, 2.75) is 111 Å². The number of carbonyl (C=O) groups is 10. The molecule has 7 N–H and O–H groups in total. The van der Waals surface area contributed by atoms with Gasteiger partial charge in [0.25, 0.3) is 11.8 Å². The van der Waals surface area contributed by atoms with E-state index in [1.54, 1.807) is 61.0 Å². The summed E-state index contributed by atoms with van der Waals surface area (Å²) in [7, 11) is 0. The van der Waals surface area contributed by atoms with Gasteiger partial charge in [-0.05, 0) is 66.5 Å². The Morgan fingerprint density at radius 3 is 2.00 bits per heavy atom. The fourth-order valence-electron chi connectivity index (χ4n) is 9.11. The Labute approximate surface area is 462 Å². The maximum Gasteiger partial charge on any atom is 0.408 e. The van der Waals surface area contributed by atoms with Gasteiger partial charge >= 0.3 is 6.09 Å². The van der Waals surface area contributed by atoms with Crippen molar-refractivity contribution in [3.8, 4) is 11.1 Å². The van der Waals surface area contributed by atoms with E-state index in [4.69, 9.17) is 10.5 Å². The quantitative estimate of drug-likeness (QED) is 0.0322. The lowest BCUT2D eigenvalue weighted by Gasteiger charge is -2.41. The molecule has 4 aromatic rings. The van der Waals surface area contributed by atoms with Crippen LogP contribution < -0.4 is 27.0 Å². The number of Topliss-reactive ketones (excluding diaryl/α,β-unsaturated/α-hetero) is 2. The van der Waals surface area contributed by atoms with E-state index in [1.165, 1.54) is 11.8 Å². The Hall–Kier alpha value is -8.40. The van der Waals surface area contributed by atoms with Crippen LogP contribution in [0.1, 0.15) is 96.5 Å². The number of ether oxygens (including phenoxy) is 1. The van der Waals surface area contributed by atoms with Crippen LogP contribution in [-0.4, -0.2) is 123 Å². The van der Waals surface area contributed by atoms with Crippen molar-refractivity contribution in [1.29, 1.82) is 0 Å². The third-order valence-electron chi connectivity index (χ3n) is 13.3. The molecule has 1 aromatic heterocycles. The first-order chi connectivity index (χ1) is 37.9. The predicted octanol–water partition coefficient (Wildman–Crippen LogP) is 4.56. The molecule has 80 heavy (non-hydrogen) atoms. The van der Waals surface area contributed by atoms with Gasteiger partial charge in [0.15, 0.2) is 11.6 Å². The van der Waals surface area contributed by atoms with Crippen molar-refractivity contribution < 1.29 is 66.6 Å². The molecule has 5 atom stereocenters. The number of nitrogens with zero attached hydrogens (tertiary/aromatic N) is 3. The zero-order chi connectivity index (χ0) is 58.8. The van der Waals surface area contributed by atoms with Crippen LogP contribution in [0.15, 0.2) is 103 Å². The van der Waals surface area contributed by atoms with Crippen molar-refractivity contribution in [2.75, 3.05) is 26.2 Å². The van der Waals surface area contributed by atoms with Gasteiger partial charge in [-0.2, -0.15) is 0 Å². The number of hydrogen-bond donors (Lipinski definition) is 6. The van der Waals surface area contributed by atoms with E-state index in [1.807, 2.05) is 51.1 Å². The number of benzene rings is 3. The molecule has 0 saturated heterocycles. The number of aliphatic hydroxyl groups excluding tert-OH is 1. The number of alkyl carbamates (subject to hydrolysis) is 1. The molecule has 0 bridgehead atoms. The van der Waals surface area contributed by atoms with Crippen LogP contribution in [-0.2, 0) is 61.0 Å². The number of nitrogens with two attached hydrogens (primary N) is 1. The number of halogens is 2. The summed E-state index contributed by atoms with van der Waals surface area (Å²) < 4.78 is 37.1. The molecule has 1 aliphatic rings. The van der Waals surface area contributed by atoms with Crippen molar-refractivity contribution in [1.82, 2.24) is 35.6 Å². The first kappa shape index (κ1) is 62.4. The second-order valence-electron chi connectivity index (χ2n) is 21.0. The largest absolute Gasteiger partial charge is 0.445 e. The lowest BCUT2D eigenvalue weighted by atomic mass is 9.82. The van der Waals surface area contributed by atoms with Crippen molar-refractivity contribution in [3.63, 3.8) is 0 Å². The van der Waals surface area contributed by atoms with Crippen LogP contribution in [0.5, 0.6) is 0 Å². The Kier molecular flexibility index (Phi) is 22.6. The second kappa shape index (κ2) is 29.0.